The Morgan fingerprint density at radius 2 is 1.35 bits per heavy atom. The summed E-state index contributed by atoms with van der Waals surface area (Å²) in [6.07, 6.45) is 0.289. The van der Waals surface area contributed by atoms with Gasteiger partial charge in [-0.05, 0) is 47.9 Å². The van der Waals surface area contributed by atoms with E-state index in [0.717, 1.165) is 27.9 Å². The largest absolute Gasteiger partial charge is 0.352 e. The molecule has 0 saturated carbocycles. The van der Waals surface area contributed by atoms with Gasteiger partial charge in [0.15, 0.2) is 0 Å². The van der Waals surface area contributed by atoms with Gasteiger partial charge in [0.25, 0.3) is 5.91 Å². The lowest BCUT2D eigenvalue weighted by Gasteiger charge is -2.24. The molecule has 0 saturated heterocycles. The van der Waals surface area contributed by atoms with E-state index in [1.165, 1.54) is 0 Å². The average molecular weight is 449 g/mol. The van der Waals surface area contributed by atoms with E-state index >= 15 is 0 Å². The summed E-state index contributed by atoms with van der Waals surface area (Å²) in [6, 6.07) is 35.0. The molecule has 170 valence electrons. The second-order valence-electron chi connectivity index (χ2n) is 8.35. The van der Waals surface area contributed by atoms with Crippen LogP contribution in [0.3, 0.4) is 0 Å². The zero-order chi connectivity index (χ0) is 23.8. The van der Waals surface area contributed by atoms with Crippen molar-refractivity contribution < 1.29 is 9.59 Å². The average Bonchev–Trinajstić information content (AvgIpc) is 2.87. The van der Waals surface area contributed by atoms with Crippen molar-refractivity contribution in [3.05, 3.63) is 137 Å². The van der Waals surface area contributed by atoms with E-state index in [4.69, 9.17) is 0 Å². The van der Waals surface area contributed by atoms with Crippen LogP contribution in [0.5, 0.6) is 0 Å². The lowest BCUT2D eigenvalue weighted by Crippen LogP contribution is -2.30. The van der Waals surface area contributed by atoms with E-state index in [1.54, 1.807) is 4.90 Å². The van der Waals surface area contributed by atoms with Crippen LogP contribution in [0.1, 0.15) is 32.6 Å². The topological polar surface area (TPSA) is 49.4 Å². The molecule has 0 unspecified atom stereocenters. The van der Waals surface area contributed by atoms with Crippen LogP contribution in [0.25, 0.3) is 0 Å². The molecular weight excluding hydrogens is 420 g/mol. The van der Waals surface area contributed by atoms with Crippen LogP contribution >= 0.6 is 0 Å². The van der Waals surface area contributed by atoms with Crippen molar-refractivity contribution in [3.63, 3.8) is 0 Å². The Bertz CT molecular complexity index is 1240. The second kappa shape index (κ2) is 11.1. The fraction of sp³-hybridized carbons (Fsp3) is 0.133. The first-order chi connectivity index (χ1) is 16.6. The number of anilines is 1. The maximum Gasteiger partial charge on any atom is 0.258 e. The molecule has 4 nitrogen and oxygen atoms in total. The first kappa shape index (κ1) is 23.0. The Hall–Kier alpha value is -4.18. The van der Waals surface area contributed by atoms with Crippen molar-refractivity contribution in [2.24, 2.45) is 0 Å². The SMILES string of the molecule is Cc1cccc(CN(C(=O)c2ccccc2)c2ccc(CC(=O)NCc3ccccc3)cc2)c1. The van der Waals surface area contributed by atoms with Crippen molar-refractivity contribution in [1.82, 2.24) is 5.32 Å². The molecule has 0 spiro atoms. The number of aryl methyl sites for hydroxylation is 1. The zero-order valence-corrected chi connectivity index (χ0v) is 19.3. The smallest absolute Gasteiger partial charge is 0.258 e. The molecule has 4 aromatic carbocycles. The lowest BCUT2D eigenvalue weighted by atomic mass is 10.1. The number of hydrogen-bond donors (Lipinski definition) is 1. The highest BCUT2D eigenvalue weighted by Gasteiger charge is 2.18. The van der Waals surface area contributed by atoms with E-state index in [1.807, 2.05) is 110 Å². The summed E-state index contributed by atoms with van der Waals surface area (Å²) in [6.45, 7) is 3.02. The van der Waals surface area contributed by atoms with Crippen molar-refractivity contribution in [2.45, 2.75) is 26.4 Å². The minimum atomic E-state index is -0.0598. The minimum absolute atomic E-state index is 0.0337. The van der Waals surface area contributed by atoms with Crippen molar-refractivity contribution in [2.75, 3.05) is 4.90 Å². The van der Waals surface area contributed by atoms with E-state index in [0.29, 0.717) is 18.7 Å². The predicted octanol–water partition coefficient (Wildman–Crippen LogP) is 5.70. The van der Waals surface area contributed by atoms with Gasteiger partial charge in [-0.3, -0.25) is 9.59 Å². The summed E-state index contributed by atoms with van der Waals surface area (Å²) in [5.74, 6) is -0.0935. The number of carbonyl (C=O) groups is 2. The van der Waals surface area contributed by atoms with Crippen LogP contribution in [-0.2, 0) is 24.3 Å². The number of benzene rings is 4. The Kier molecular flexibility index (Phi) is 7.51. The molecule has 0 aromatic heterocycles. The van der Waals surface area contributed by atoms with Crippen LogP contribution in [-0.4, -0.2) is 11.8 Å². The van der Waals surface area contributed by atoms with Crippen LogP contribution in [0.15, 0.2) is 109 Å². The van der Waals surface area contributed by atoms with Crippen LogP contribution < -0.4 is 10.2 Å². The molecule has 0 atom stereocenters. The van der Waals surface area contributed by atoms with Crippen molar-refractivity contribution in [3.8, 4) is 0 Å². The number of nitrogens with zero attached hydrogens (tertiary/aromatic N) is 1. The van der Waals surface area contributed by atoms with Crippen LogP contribution in [0.4, 0.5) is 5.69 Å². The molecule has 0 aliphatic carbocycles. The third kappa shape index (κ3) is 6.20. The van der Waals surface area contributed by atoms with Gasteiger partial charge in [-0.15, -0.1) is 0 Å². The van der Waals surface area contributed by atoms with Crippen LogP contribution in [0.2, 0.25) is 0 Å². The quantitative estimate of drug-likeness (QED) is 0.376. The summed E-state index contributed by atoms with van der Waals surface area (Å²) >= 11 is 0. The number of carbonyl (C=O) groups excluding carboxylic acids is 2. The maximum absolute atomic E-state index is 13.4. The second-order valence-corrected chi connectivity index (χ2v) is 8.35. The number of hydrogen-bond acceptors (Lipinski definition) is 2. The third-order valence-electron chi connectivity index (χ3n) is 5.63. The fourth-order valence-corrected chi connectivity index (χ4v) is 3.85. The first-order valence-corrected chi connectivity index (χ1v) is 11.4. The number of amides is 2. The van der Waals surface area contributed by atoms with Gasteiger partial charge in [-0.25, -0.2) is 0 Å². The van der Waals surface area contributed by atoms with Crippen molar-refractivity contribution >= 4 is 17.5 Å². The molecule has 0 radical (unpaired) electrons. The van der Waals surface area contributed by atoms with Gasteiger partial charge in [-0.2, -0.15) is 0 Å². The molecule has 4 heteroatoms. The molecule has 0 heterocycles. The molecule has 0 bridgehead atoms. The summed E-state index contributed by atoms with van der Waals surface area (Å²) in [7, 11) is 0. The Labute approximate surface area is 200 Å². The third-order valence-corrected chi connectivity index (χ3v) is 5.63. The molecular formula is C30H28N2O2. The summed E-state index contributed by atoms with van der Waals surface area (Å²) in [5.41, 5.74) is 5.62. The highest BCUT2D eigenvalue weighted by atomic mass is 16.2. The van der Waals surface area contributed by atoms with Gasteiger partial charge in [0, 0.05) is 17.8 Å². The zero-order valence-electron chi connectivity index (χ0n) is 19.3. The van der Waals surface area contributed by atoms with E-state index in [9.17, 15) is 9.59 Å². The van der Waals surface area contributed by atoms with E-state index in [-0.39, 0.29) is 18.2 Å². The standard InChI is InChI=1S/C30H28N2O2/c1-23-9-8-12-26(19-23)22-32(30(34)27-13-6-3-7-14-27)28-17-15-24(16-18-28)20-29(33)31-21-25-10-4-2-5-11-25/h2-19H,20-22H2,1H3,(H,31,33). The van der Waals surface area contributed by atoms with E-state index in [2.05, 4.69) is 11.4 Å². The number of nitrogens with one attached hydrogen (secondary N) is 1. The molecule has 2 amide bonds. The molecule has 34 heavy (non-hydrogen) atoms. The molecule has 1 N–H and O–H groups in total. The highest BCUT2D eigenvalue weighted by molar-refractivity contribution is 6.06. The van der Waals surface area contributed by atoms with E-state index < -0.39 is 0 Å². The van der Waals surface area contributed by atoms with Crippen LogP contribution in [0, 0.1) is 6.92 Å². The molecule has 0 aliphatic heterocycles. The normalized spacial score (nSPS) is 10.5. The fourth-order valence-electron chi connectivity index (χ4n) is 3.85. The van der Waals surface area contributed by atoms with Gasteiger partial charge in [0.2, 0.25) is 5.91 Å². The number of rotatable bonds is 8. The molecule has 0 aliphatic rings. The lowest BCUT2D eigenvalue weighted by molar-refractivity contribution is -0.120. The van der Waals surface area contributed by atoms with Gasteiger partial charge in [-0.1, -0.05) is 90.5 Å². The molecule has 0 fully saturated rings. The Morgan fingerprint density at radius 3 is 2.03 bits per heavy atom. The predicted molar refractivity (Wildman–Crippen MR) is 137 cm³/mol. The monoisotopic (exact) mass is 448 g/mol. The maximum atomic E-state index is 13.4. The van der Waals surface area contributed by atoms with Gasteiger partial charge >= 0.3 is 0 Å². The van der Waals surface area contributed by atoms with Gasteiger partial charge in [0.1, 0.15) is 0 Å². The minimum Gasteiger partial charge on any atom is -0.352 e. The Morgan fingerprint density at radius 1 is 0.706 bits per heavy atom. The summed E-state index contributed by atoms with van der Waals surface area (Å²) in [4.78, 5) is 27.6. The first-order valence-electron chi connectivity index (χ1n) is 11.4. The van der Waals surface area contributed by atoms with Gasteiger partial charge in [0.05, 0.1) is 13.0 Å². The Balaban J connectivity index is 1.48. The summed E-state index contributed by atoms with van der Waals surface area (Å²) in [5, 5.41) is 2.96. The molecule has 4 rings (SSSR count). The van der Waals surface area contributed by atoms with Gasteiger partial charge < -0.3 is 10.2 Å². The molecule has 4 aromatic rings. The van der Waals surface area contributed by atoms with Crippen molar-refractivity contribution in [1.29, 1.82) is 0 Å². The summed E-state index contributed by atoms with van der Waals surface area (Å²) < 4.78 is 0. The highest BCUT2D eigenvalue weighted by Crippen LogP contribution is 2.22.